The second-order valence-corrected chi connectivity index (χ2v) is 10.0. The number of nitrogens with two attached hydrogens (primary N) is 1. The molecule has 4 aromatic rings. The number of ketones is 1. The Morgan fingerprint density at radius 3 is 2.27 bits per heavy atom. The molecule has 2 amide bonds. The highest BCUT2D eigenvalue weighted by molar-refractivity contribution is 6.31. The molecular weight excluding hydrogens is 624 g/mol. The minimum Gasteiger partial charge on any atom is -0.495 e. The number of Topliss-reactive ketones (excluding diaryl/α,β-unsaturated/α-hetero) is 1. The highest BCUT2D eigenvalue weighted by Gasteiger charge is 2.35. The van der Waals surface area contributed by atoms with Crippen molar-refractivity contribution < 1.29 is 36.7 Å². The van der Waals surface area contributed by atoms with Crippen LogP contribution in [0.3, 0.4) is 0 Å². The average Bonchev–Trinajstić information content (AvgIpc) is 3.44. The number of pyridine rings is 1. The molecule has 11 nitrogen and oxygen atoms in total. The van der Waals surface area contributed by atoms with Crippen LogP contribution in [0, 0.1) is 5.82 Å². The van der Waals surface area contributed by atoms with Crippen LogP contribution in [-0.2, 0) is 15.8 Å². The van der Waals surface area contributed by atoms with Crippen LogP contribution >= 0.6 is 11.6 Å². The van der Waals surface area contributed by atoms with E-state index in [0.717, 1.165) is 27.4 Å². The number of amides is 2. The number of carbonyl (C=O) groups excluding carboxylic acids is 3. The molecule has 2 heterocycles. The Kier molecular flexibility index (Phi) is 10.8. The maximum Gasteiger partial charge on any atom is 0.436 e. The number of anilines is 1. The van der Waals surface area contributed by atoms with Crippen LogP contribution in [0.1, 0.15) is 49.3 Å². The van der Waals surface area contributed by atoms with Gasteiger partial charge in [0.25, 0.3) is 11.5 Å². The number of alkyl halides is 3. The molecule has 0 saturated carbocycles. The summed E-state index contributed by atoms with van der Waals surface area (Å²) in [5.41, 5.74) is 3.40. The third kappa shape index (κ3) is 8.32. The Morgan fingerprint density at radius 2 is 1.73 bits per heavy atom. The lowest BCUT2D eigenvalue weighted by atomic mass is 10.0. The molecule has 0 radical (unpaired) electrons. The van der Waals surface area contributed by atoms with Crippen LogP contribution in [0.2, 0.25) is 5.02 Å². The summed E-state index contributed by atoms with van der Waals surface area (Å²) in [7, 11) is 1.30. The summed E-state index contributed by atoms with van der Waals surface area (Å²) in [6, 6.07) is 7.65. The lowest BCUT2D eigenvalue weighted by Crippen LogP contribution is -2.32. The zero-order chi connectivity index (χ0) is 33.6. The van der Waals surface area contributed by atoms with Crippen molar-refractivity contribution in [2.75, 3.05) is 12.4 Å². The summed E-state index contributed by atoms with van der Waals surface area (Å²) in [5.74, 6) is -2.31. The highest BCUT2D eigenvalue weighted by atomic mass is 35.5. The van der Waals surface area contributed by atoms with Gasteiger partial charge < -0.3 is 20.6 Å². The number of primary amides is 1. The molecule has 0 bridgehead atoms. The van der Waals surface area contributed by atoms with E-state index in [1.54, 1.807) is 6.92 Å². The van der Waals surface area contributed by atoms with Crippen LogP contribution in [0.15, 0.2) is 59.7 Å². The van der Waals surface area contributed by atoms with Crippen LogP contribution in [-0.4, -0.2) is 44.3 Å². The van der Waals surface area contributed by atoms with Crippen molar-refractivity contribution >= 4 is 34.9 Å². The molecule has 238 valence electrons. The SMILES string of the molecule is CC(C)=O.CC[C@@H](C(=O)Nc1ccc(C(N)=O)c(F)c1)n1cc(OC)c(-c2cc(Cl)ccc2-n2cc(C(F)(F)F)nn2)cc1=O. The molecule has 0 aliphatic rings. The monoisotopic (exact) mass is 650 g/mol. The number of nitrogens with one attached hydrogen (secondary N) is 1. The van der Waals surface area contributed by atoms with Gasteiger partial charge in [0.05, 0.1) is 30.8 Å². The molecule has 0 spiro atoms. The van der Waals surface area contributed by atoms with Gasteiger partial charge in [0.1, 0.15) is 23.4 Å². The van der Waals surface area contributed by atoms with E-state index in [1.165, 1.54) is 51.4 Å². The second kappa shape index (κ2) is 14.2. The minimum atomic E-state index is -4.73. The van der Waals surface area contributed by atoms with Crippen LogP contribution in [0.25, 0.3) is 16.8 Å². The molecule has 0 saturated heterocycles. The van der Waals surface area contributed by atoms with E-state index in [-0.39, 0.29) is 51.0 Å². The zero-order valence-corrected chi connectivity index (χ0v) is 25.0. The van der Waals surface area contributed by atoms with E-state index in [2.05, 4.69) is 15.6 Å². The normalized spacial score (nSPS) is 11.7. The average molecular weight is 651 g/mol. The molecule has 2 aromatic heterocycles. The smallest absolute Gasteiger partial charge is 0.436 e. The minimum absolute atomic E-state index is 0.0298. The first-order valence-electron chi connectivity index (χ1n) is 13.0. The Balaban J connectivity index is 0.00000130. The van der Waals surface area contributed by atoms with E-state index in [0.29, 0.717) is 6.20 Å². The Hall–Kier alpha value is -5.05. The number of methoxy groups -OCH3 is 1. The molecule has 0 fully saturated rings. The van der Waals surface area contributed by atoms with Gasteiger partial charge >= 0.3 is 6.18 Å². The highest BCUT2D eigenvalue weighted by Crippen LogP contribution is 2.36. The van der Waals surface area contributed by atoms with Gasteiger partial charge in [-0.15, -0.1) is 5.10 Å². The van der Waals surface area contributed by atoms with Crippen molar-refractivity contribution in [1.82, 2.24) is 19.6 Å². The zero-order valence-electron chi connectivity index (χ0n) is 24.3. The van der Waals surface area contributed by atoms with Crippen molar-refractivity contribution in [3.8, 4) is 22.6 Å². The van der Waals surface area contributed by atoms with Crippen LogP contribution in [0.4, 0.5) is 23.2 Å². The molecule has 16 heteroatoms. The van der Waals surface area contributed by atoms with Gasteiger partial charge in [0.15, 0.2) is 5.69 Å². The second-order valence-electron chi connectivity index (χ2n) is 9.59. The van der Waals surface area contributed by atoms with Crippen molar-refractivity contribution in [2.24, 2.45) is 5.73 Å². The number of carbonyl (C=O) groups is 3. The van der Waals surface area contributed by atoms with E-state index < -0.39 is 41.1 Å². The summed E-state index contributed by atoms with van der Waals surface area (Å²) >= 11 is 6.17. The van der Waals surface area contributed by atoms with E-state index >= 15 is 0 Å². The molecule has 4 rings (SSSR count). The lowest BCUT2D eigenvalue weighted by molar-refractivity contribution is -0.141. The third-order valence-corrected chi connectivity index (χ3v) is 6.31. The summed E-state index contributed by atoms with van der Waals surface area (Å²) in [6.45, 7) is 4.70. The Labute approximate surface area is 258 Å². The van der Waals surface area contributed by atoms with Gasteiger partial charge in [-0.2, -0.15) is 13.2 Å². The third-order valence-electron chi connectivity index (χ3n) is 6.07. The van der Waals surface area contributed by atoms with E-state index in [9.17, 15) is 36.7 Å². The van der Waals surface area contributed by atoms with E-state index in [4.69, 9.17) is 22.1 Å². The number of aromatic nitrogens is 4. The molecule has 3 N–H and O–H groups in total. The molecule has 0 unspecified atom stereocenters. The fourth-order valence-corrected chi connectivity index (χ4v) is 4.28. The summed E-state index contributed by atoms with van der Waals surface area (Å²) in [4.78, 5) is 47.1. The van der Waals surface area contributed by atoms with E-state index in [1.807, 2.05) is 0 Å². The largest absolute Gasteiger partial charge is 0.495 e. The lowest BCUT2D eigenvalue weighted by Gasteiger charge is -2.21. The fraction of sp³-hybridized carbons (Fsp3) is 0.241. The predicted octanol–water partition coefficient (Wildman–Crippen LogP) is 5.20. The van der Waals surface area contributed by atoms with Gasteiger partial charge in [0, 0.05) is 27.9 Å². The van der Waals surface area contributed by atoms with Gasteiger partial charge in [-0.25, -0.2) is 9.07 Å². The number of ether oxygens (including phenoxy) is 1. The fourth-order valence-electron chi connectivity index (χ4n) is 4.11. The first kappa shape index (κ1) is 34.4. The van der Waals surface area contributed by atoms with Gasteiger partial charge in [-0.1, -0.05) is 23.7 Å². The number of nitrogens with zero attached hydrogens (tertiary/aromatic N) is 4. The molecule has 0 aliphatic carbocycles. The first-order valence-corrected chi connectivity index (χ1v) is 13.4. The van der Waals surface area contributed by atoms with Crippen molar-refractivity contribution in [1.29, 1.82) is 0 Å². The number of halogens is 5. The number of rotatable bonds is 8. The molecular formula is C29H27ClF4N6O5. The first-order chi connectivity index (χ1) is 21.1. The molecule has 0 aliphatic heterocycles. The topological polar surface area (TPSA) is 151 Å². The Bertz CT molecular complexity index is 1800. The van der Waals surface area contributed by atoms with Crippen LogP contribution < -0.4 is 21.3 Å². The van der Waals surface area contributed by atoms with Gasteiger partial charge in [-0.05, 0) is 56.7 Å². The number of benzene rings is 2. The van der Waals surface area contributed by atoms with Crippen molar-refractivity contribution in [2.45, 2.75) is 39.4 Å². The standard InChI is InChI=1S/C26H21ClF4N6O4.C3H6O/c1-3-19(25(40)33-14-5-6-15(24(32)39)18(28)9-14)36-11-21(41-2)17(10-23(36)38)16-8-13(27)4-7-20(16)37-12-22(34-35-37)26(29,30)31;1-3(2)4/h4-12,19H,3H2,1-2H3,(H2,32,39)(H,33,40);1-2H3/t19-;/m0./s1. The molecule has 45 heavy (non-hydrogen) atoms. The molecule has 2 aromatic carbocycles. The number of hydrogen-bond donors (Lipinski definition) is 2. The predicted molar refractivity (Wildman–Crippen MR) is 157 cm³/mol. The Morgan fingerprint density at radius 1 is 1.07 bits per heavy atom. The van der Waals surface area contributed by atoms with Crippen molar-refractivity contribution in [3.63, 3.8) is 0 Å². The maximum absolute atomic E-state index is 14.2. The quantitative estimate of drug-likeness (QED) is 0.249. The van der Waals surface area contributed by atoms with Crippen molar-refractivity contribution in [3.05, 3.63) is 87.3 Å². The summed E-state index contributed by atoms with van der Waals surface area (Å²) in [5, 5.41) is 9.45. The maximum atomic E-state index is 14.2. The number of hydrogen-bond acceptors (Lipinski definition) is 7. The van der Waals surface area contributed by atoms with Crippen LogP contribution in [0.5, 0.6) is 5.75 Å². The molecule has 1 atom stereocenters. The van der Waals surface area contributed by atoms with Gasteiger partial charge in [-0.3, -0.25) is 19.0 Å². The summed E-state index contributed by atoms with van der Waals surface area (Å²) in [6.07, 6.45) is -2.63. The summed E-state index contributed by atoms with van der Waals surface area (Å²) < 4.78 is 61.0. The van der Waals surface area contributed by atoms with Gasteiger partial charge in [0.2, 0.25) is 5.91 Å².